The Bertz CT molecular complexity index is 1160. The summed E-state index contributed by atoms with van der Waals surface area (Å²) in [6, 6.07) is 23.4. The van der Waals surface area contributed by atoms with E-state index in [1.165, 1.54) is 40.1 Å². The van der Waals surface area contributed by atoms with Gasteiger partial charge in [-0.3, -0.25) is 4.98 Å². The van der Waals surface area contributed by atoms with Crippen LogP contribution in [0.4, 0.5) is 11.4 Å². The molecule has 5 rings (SSSR count). The van der Waals surface area contributed by atoms with Gasteiger partial charge in [0.15, 0.2) is 0 Å². The Kier molecular flexibility index (Phi) is 4.66. The second-order valence-corrected chi connectivity index (χ2v) is 8.98. The molecule has 1 aliphatic rings. The summed E-state index contributed by atoms with van der Waals surface area (Å²) in [6.07, 6.45) is 7.08. The van der Waals surface area contributed by atoms with Crippen molar-refractivity contribution in [1.82, 2.24) is 9.97 Å². The largest absolute Gasteiger partial charge is 0.356 e. The first-order chi connectivity index (χ1) is 14.6. The van der Waals surface area contributed by atoms with Gasteiger partial charge in [-0.2, -0.15) is 0 Å². The second-order valence-electron chi connectivity index (χ2n) is 8.98. The summed E-state index contributed by atoms with van der Waals surface area (Å²) in [5.41, 5.74) is 10.2. The normalized spacial score (nSPS) is 14.9. The van der Waals surface area contributed by atoms with Gasteiger partial charge >= 0.3 is 0 Å². The predicted octanol–water partition coefficient (Wildman–Crippen LogP) is 7.00. The van der Waals surface area contributed by atoms with Crippen molar-refractivity contribution in [3.8, 4) is 22.4 Å². The molecule has 2 aromatic heterocycles. The van der Waals surface area contributed by atoms with Gasteiger partial charge in [-0.25, -0.2) is 0 Å². The van der Waals surface area contributed by atoms with Crippen LogP contribution in [-0.2, 0) is 12.8 Å². The molecule has 1 aliphatic carbocycles. The van der Waals surface area contributed by atoms with Gasteiger partial charge in [0, 0.05) is 29.3 Å². The monoisotopic (exact) mass is 393 g/mol. The van der Waals surface area contributed by atoms with E-state index in [-0.39, 0.29) is 0 Å². The van der Waals surface area contributed by atoms with Crippen molar-refractivity contribution in [3.63, 3.8) is 0 Å². The van der Waals surface area contributed by atoms with E-state index in [2.05, 4.69) is 95.9 Å². The van der Waals surface area contributed by atoms with Gasteiger partial charge in [0.2, 0.25) is 0 Å². The highest BCUT2D eigenvalue weighted by atomic mass is 14.9. The van der Waals surface area contributed by atoms with Crippen LogP contribution in [0.2, 0.25) is 0 Å². The van der Waals surface area contributed by atoms with Crippen molar-refractivity contribution in [2.24, 2.45) is 5.41 Å². The van der Waals surface area contributed by atoms with Crippen LogP contribution in [0.15, 0.2) is 79.1 Å². The van der Waals surface area contributed by atoms with E-state index in [9.17, 15) is 0 Å². The number of rotatable bonds is 4. The van der Waals surface area contributed by atoms with E-state index >= 15 is 0 Å². The number of hydrogen-bond acceptors (Lipinski definition) is 2. The maximum atomic E-state index is 4.20. The predicted molar refractivity (Wildman–Crippen MR) is 125 cm³/mol. The van der Waals surface area contributed by atoms with E-state index < -0.39 is 0 Å². The molecule has 150 valence electrons. The molecule has 0 unspecified atom stereocenters. The van der Waals surface area contributed by atoms with E-state index in [1.54, 1.807) is 0 Å². The van der Waals surface area contributed by atoms with Gasteiger partial charge in [-0.15, -0.1) is 0 Å². The van der Waals surface area contributed by atoms with Gasteiger partial charge < -0.3 is 10.3 Å². The first-order valence-corrected chi connectivity index (χ1v) is 10.7. The fourth-order valence-corrected chi connectivity index (χ4v) is 4.47. The molecule has 0 fully saturated rings. The standard InChI is InChI=1S/C27H27N3/c1-27(2)14-11-23-24(18-27)30-25(20-12-15-28-16-13-20)26(23)29-22-10-6-9-21(17-22)19-7-4-3-5-8-19/h3-10,12-13,15-17,29-30H,11,14,18H2,1-2H3. The highest BCUT2D eigenvalue weighted by molar-refractivity contribution is 5.83. The van der Waals surface area contributed by atoms with Gasteiger partial charge in [0.05, 0.1) is 11.4 Å². The minimum atomic E-state index is 0.331. The van der Waals surface area contributed by atoms with E-state index in [1.807, 2.05) is 12.4 Å². The number of fused-ring (bicyclic) bond motifs is 1. The van der Waals surface area contributed by atoms with Gasteiger partial charge in [-0.05, 0) is 65.6 Å². The summed E-state index contributed by atoms with van der Waals surface area (Å²) in [7, 11) is 0. The van der Waals surface area contributed by atoms with Crippen molar-refractivity contribution < 1.29 is 0 Å². The molecule has 2 aromatic carbocycles. The number of aromatic amines is 1. The van der Waals surface area contributed by atoms with Crippen LogP contribution in [0.5, 0.6) is 0 Å². The highest BCUT2D eigenvalue weighted by Gasteiger charge is 2.30. The minimum absolute atomic E-state index is 0.331. The van der Waals surface area contributed by atoms with Crippen LogP contribution in [0.25, 0.3) is 22.4 Å². The average molecular weight is 394 g/mol. The minimum Gasteiger partial charge on any atom is -0.356 e. The number of anilines is 2. The van der Waals surface area contributed by atoms with Crippen LogP contribution < -0.4 is 5.32 Å². The van der Waals surface area contributed by atoms with E-state index in [0.29, 0.717) is 5.41 Å². The van der Waals surface area contributed by atoms with Gasteiger partial charge in [-0.1, -0.05) is 56.3 Å². The summed E-state index contributed by atoms with van der Waals surface area (Å²) < 4.78 is 0. The smallest absolute Gasteiger partial charge is 0.0699 e. The summed E-state index contributed by atoms with van der Waals surface area (Å²) >= 11 is 0. The zero-order valence-corrected chi connectivity index (χ0v) is 17.6. The number of H-pyrrole nitrogens is 1. The molecule has 0 saturated heterocycles. The zero-order valence-electron chi connectivity index (χ0n) is 17.6. The van der Waals surface area contributed by atoms with Crippen molar-refractivity contribution in [2.45, 2.75) is 33.1 Å². The maximum Gasteiger partial charge on any atom is 0.0699 e. The topological polar surface area (TPSA) is 40.7 Å². The van der Waals surface area contributed by atoms with E-state index in [4.69, 9.17) is 0 Å². The molecule has 0 bridgehead atoms. The van der Waals surface area contributed by atoms with Crippen LogP contribution in [0.3, 0.4) is 0 Å². The number of nitrogens with one attached hydrogen (secondary N) is 2. The molecule has 3 nitrogen and oxygen atoms in total. The Balaban J connectivity index is 1.57. The molecule has 0 radical (unpaired) electrons. The molecule has 0 spiro atoms. The molecule has 0 aliphatic heterocycles. The lowest BCUT2D eigenvalue weighted by atomic mass is 9.76. The molecule has 2 N–H and O–H groups in total. The summed E-state index contributed by atoms with van der Waals surface area (Å²) in [5.74, 6) is 0. The molecular formula is C27H27N3. The molecule has 3 heteroatoms. The summed E-state index contributed by atoms with van der Waals surface area (Å²) in [4.78, 5) is 7.95. The van der Waals surface area contributed by atoms with Crippen LogP contribution in [0, 0.1) is 5.41 Å². The van der Waals surface area contributed by atoms with Crippen LogP contribution in [-0.4, -0.2) is 9.97 Å². The molecule has 0 atom stereocenters. The van der Waals surface area contributed by atoms with Gasteiger partial charge in [0.25, 0.3) is 0 Å². The van der Waals surface area contributed by atoms with Crippen LogP contribution in [0.1, 0.15) is 31.5 Å². The summed E-state index contributed by atoms with van der Waals surface area (Å²) in [6.45, 7) is 4.72. The lowest BCUT2D eigenvalue weighted by Gasteiger charge is -2.29. The second kappa shape index (κ2) is 7.49. The summed E-state index contributed by atoms with van der Waals surface area (Å²) in [5, 5.41) is 3.76. The quantitative estimate of drug-likeness (QED) is 0.392. The lowest BCUT2D eigenvalue weighted by molar-refractivity contribution is 0.313. The van der Waals surface area contributed by atoms with Gasteiger partial charge in [0.1, 0.15) is 0 Å². The van der Waals surface area contributed by atoms with Crippen molar-refractivity contribution in [2.75, 3.05) is 5.32 Å². The Morgan fingerprint density at radius 1 is 0.867 bits per heavy atom. The van der Waals surface area contributed by atoms with Crippen molar-refractivity contribution in [3.05, 3.63) is 90.4 Å². The fraction of sp³-hybridized carbons (Fsp3) is 0.222. The lowest BCUT2D eigenvalue weighted by Crippen LogP contribution is -2.22. The van der Waals surface area contributed by atoms with Crippen LogP contribution >= 0.6 is 0 Å². The number of aromatic nitrogens is 2. The Morgan fingerprint density at radius 3 is 2.43 bits per heavy atom. The zero-order chi connectivity index (χ0) is 20.6. The maximum absolute atomic E-state index is 4.20. The highest BCUT2D eigenvalue weighted by Crippen LogP contribution is 2.43. The first-order valence-electron chi connectivity index (χ1n) is 10.7. The molecular weight excluding hydrogens is 366 g/mol. The molecule has 0 amide bonds. The fourth-order valence-electron chi connectivity index (χ4n) is 4.47. The third kappa shape index (κ3) is 3.63. The van der Waals surface area contributed by atoms with Crippen molar-refractivity contribution in [1.29, 1.82) is 0 Å². The molecule has 0 saturated carbocycles. The van der Waals surface area contributed by atoms with Crippen molar-refractivity contribution >= 4 is 11.4 Å². The first kappa shape index (κ1) is 18.7. The number of hydrogen-bond donors (Lipinski definition) is 2. The Labute approximate surface area is 178 Å². The average Bonchev–Trinajstić information content (AvgIpc) is 3.11. The SMILES string of the molecule is CC1(C)CCc2c([nH]c(-c3ccncc3)c2Nc2cccc(-c3ccccc3)c2)C1. The Morgan fingerprint density at radius 2 is 1.63 bits per heavy atom. The number of nitrogens with zero attached hydrogens (tertiary/aromatic N) is 1. The number of benzene rings is 2. The van der Waals surface area contributed by atoms with E-state index in [0.717, 1.165) is 24.2 Å². The molecule has 4 aromatic rings. The Hall–Kier alpha value is -3.33. The third-order valence-corrected chi connectivity index (χ3v) is 6.11. The third-order valence-electron chi connectivity index (χ3n) is 6.11. The molecule has 2 heterocycles. The molecule has 30 heavy (non-hydrogen) atoms. The number of pyridine rings is 1.